The largest absolute Gasteiger partial charge is 0.418 e. The Morgan fingerprint density at radius 2 is 1.80 bits per heavy atom. The minimum atomic E-state index is -4.93. The van der Waals surface area contributed by atoms with E-state index < -0.39 is 49.8 Å². The van der Waals surface area contributed by atoms with Crippen molar-refractivity contribution < 1.29 is 26.0 Å². The maximum atomic E-state index is 14.9. The van der Waals surface area contributed by atoms with E-state index in [9.17, 15) is 30.8 Å². The second-order valence-electron chi connectivity index (χ2n) is 13.6. The van der Waals surface area contributed by atoms with E-state index in [1.807, 2.05) is 4.90 Å². The molecular weight excluding hydrogens is 660 g/mol. The molecular formula is C35H36F4N6O3S. The van der Waals surface area contributed by atoms with Gasteiger partial charge in [-0.05, 0) is 81.0 Å². The Kier molecular flexibility index (Phi) is 8.09. The van der Waals surface area contributed by atoms with E-state index in [2.05, 4.69) is 17.1 Å². The lowest BCUT2D eigenvalue weighted by Gasteiger charge is -2.43. The topological polar surface area (TPSA) is 95.0 Å². The fraction of sp³-hybridized carbons (Fsp3) is 0.400. The Bertz CT molecular complexity index is 2220. The van der Waals surface area contributed by atoms with Crippen LogP contribution in [0.5, 0.6) is 0 Å². The number of hydrogen-bond donors (Lipinski definition) is 0. The fourth-order valence-corrected chi connectivity index (χ4v) is 9.04. The van der Waals surface area contributed by atoms with Crippen molar-refractivity contribution in [2.75, 3.05) is 13.1 Å². The molecule has 1 saturated carbocycles. The second kappa shape index (κ2) is 11.9. The van der Waals surface area contributed by atoms with Gasteiger partial charge in [-0.3, -0.25) is 14.3 Å². The number of halogens is 4. The molecule has 9 nitrogen and oxygen atoms in total. The highest BCUT2D eigenvalue weighted by Gasteiger charge is 2.50. The molecule has 2 fully saturated rings. The van der Waals surface area contributed by atoms with Crippen molar-refractivity contribution in [1.29, 1.82) is 0 Å². The predicted octanol–water partition coefficient (Wildman–Crippen LogP) is 6.13. The van der Waals surface area contributed by atoms with Crippen LogP contribution in [0.1, 0.15) is 60.8 Å². The van der Waals surface area contributed by atoms with Gasteiger partial charge in [-0.1, -0.05) is 36.8 Å². The molecule has 5 aromatic rings. The monoisotopic (exact) mass is 696 g/mol. The van der Waals surface area contributed by atoms with Crippen molar-refractivity contribution in [2.24, 2.45) is 13.0 Å². The highest BCUT2D eigenvalue weighted by atomic mass is 32.2. The summed E-state index contributed by atoms with van der Waals surface area (Å²) < 4.78 is 91.4. The molecule has 14 heteroatoms. The standard InChI is InChI=1S/C35H36F4N6O3S/c1-22-9-11-28(12-10-22)49(47,48)45-27(19-43-13-5-6-23(2)18-43)15-29-30(35(37,38)39)20-44(32(46)31(29)45)26-8-4-7-24(14-26)34(16-25(36)17-34)33-41-40-21-42(33)3/h4,7-12,14-15,20-21,23,25H,5-6,13,16-19H2,1-3H3/t23-,25?,34?/m0/s1. The molecule has 49 heavy (non-hydrogen) atoms. The molecule has 0 bridgehead atoms. The molecule has 1 atom stereocenters. The van der Waals surface area contributed by atoms with Crippen LogP contribution >= 0.6 is 0 Å². The quantitative estimate of drug-likeness (QED) is 0.190. The first kappa shape index (κ1) is 33.2. The molecule has 7 rings (SSSR count). The second-order valence-corrected chi connectivity index (χ2v) is 15.4. The summed E-state index contributed by atoms with van der Waals surface area (Å²) in [5.41, 5.74) is -2.07. The third kappa shape index (κ3) is 5.68. The van der Waals surface area contributed by atoms with Crippen molar-refractivity contribution in [3.8, 4) is 5.69 Å². The zero-order valence-electron chi connectivity index (χ0n) is 27.3. The van der Waals surface area contributed by atoms with E-state index in [0.717, 1.165) is 33.1 Å². The zero-order chi connectivity index (χ0) is 34.9. The van der Waals surface area contributed by atoms with Crippen LogP contribution in [0.25, 0.3) is 16.6 Å². The lowest BCUT2D eigenvalue weighted by atomic mass is 9.62. The van der Waals surface area contributed by atoms with Crippen LogP contribution in [0.4, 0.5) is 17.6 Å². The lowest BCUT2D eigenvalue weighted by Crippen LogP contribution is -2.45. The maximum absolute atomic E-state index is 14.9. The number of aryl methyl sites for hydroxylation is 2. The van der Waals surface area contributed by atoms with E-state index in [-0.39, 0.29) is 35.7 Å². The Morgan fingerprint density at radius 1 is 1.06 bits per heavy atom. The van der Waals surface area contributed by atoms with Gasteiger partial charge in [0.1, 0.15) is 23.8 Å². The molecule has 0 spiro atoms. The first-order valence-electron chi connectivity index (χ1n) is 16.2. The van der Waals surface area contributed by atoms with E-state index in [0.29, 0.717) is 30.4 Å². The van der Waals surface area contributed by atoms with E-state index >= 15 is 0 Å². The predicted molar refractivity (Wildman–Crippen MR) is 176 cm³/mol. The normalized spacial score (nSPS) is 22.0. The maximum Gasteiger partial charge on any atom is 0.418 e. The van der Waals surface area contributed by atoms with Crippen LogP contribution in [0.3, 0.4) is 0 Å². The summed E-state index contributed by atoms with van der Waals surface area (Å²) in [6.45, 7) is 5.19. The smallest absolute Gasteiger partial charge is 0.320 e. The number of aromatic nitrogens is 5. The summed E-state index contributed by atoms with van der Waals surface area (Å²) >= 11 is 0. The van der Waals surface area contributed by atoms with Gasteiger partial charge in [-0.2, -0.15) is 13.2 Å². The Balaban J connectivity index is 1.48. The van der Waals surface area contributed by atoms with Crippen LogP contribution in [-0.4, -0.2) is 55.9 Å². The van der Waals surface area contributed by atoms with Crippen molar-refractivity contribution in [3.63, 3.8) is 0 Å². The number of benzene rings is 2. The molecule has 2 aliphatic rings. The average Bonchev–Trinajstić information content (AvgIpc) is 3.63. The molecule has 1 saturated heterocycles. The van der Waals surface area contributed by atoms with E-state index in [4.69, 9.17) is 0 Å². The van der Waals surface area contributed by atoms with Gasteiger partial charge in [0.25, 0.3) is 15.6 Å². The summed E-state index contributed by atoms with van der Waals surface area (Å²) in [6.07, 6.45) is -1.81. The van der Waals surface area contributed by atoms with Crippen LogP contribution in [0.2, 0.25) is 0 Å². The third-order valence-corrected chi connectivity index (χ3v) is 11.7. The molecule has 3 aromatic heterocycles. The van der Waals surface area contributed by atoms with Gasteiger partial charge in [0, 0.05) is 43.1 Å². The summed E-state index contributed by atoms with van der Waals surface area (Å²) in [5, 5.41) is 7.67. The van der Waals surface area contributed by atoms with Crippen molar-refractivity contribution in [3.05, 3.63) is 106 Å². The molecule has 0 N–H and O–H groups in total. The molecule has 258 valence electrons. The molecule has 0 radical (unpaired) electrons. The van der Waals surface area contributed by atoms with Crippen LogP contribution < -0.4 is 5.56 Å². The minimum absolute atomic E-state index is 0.0426. The number of likely N-dealkylation sites (tertiary alicyclic amines) is 1. The third-order valence-electron chi connectivity index (χ3n) is 9.95. The van der Waals surface area contributed by atoms with E-state index in [1.54, 1.807) is 48.9 Å². The number of nitrogens with zero attached hydrogens (tertiary/aromatic N) is 6. The Labute approximate surface area is 280 Å². The first-order chi connectivity index (χ1) is 23.2. The Hall–Kier alpha value is -4.30. The first-order valence-corrected chi connectivity index (χ1v) is 17.6. The van der Waals surface area contributed by atoms with Gasteiger partial charge in [0.2, 0.25) is 0 Å². The van der Waals surface area contributed by atoms with Gasteiger partial charge in [0.05, 0.1) is 15.9 Å². The fourth-order valence-electron chi connectivity index (χ4n) is 7.52. The molecule has 1 aliphatic heterocycles. The molecule has 2 aromatic carbocycles. The van der Waals surface area contributed by atoms with Crippen molar-refractivity contribution >= 4 is 20.9 Å². The highest BCUT2D eigenvalue weighted by Crippen LogP contribution is 2.50. The number of piperidine rings is 1. The van der Waals surface area contributed by atoms with Gasteiger partial charge in [-0.15, -0.1) is 10.2 Å². The molecule has 0 unspecified atom stereocenters. The number of hydrogen-bond acceptors (Lipinski definition) is 6. The highest BCUT2D eigenvalue weighted by molar-refractivity contribution is 7.90. The summed E-state index contributed by atoms with van der Waals surface area (Å²) in [6, 6.07) is 13.5. The average molecular weight is 697 g/mol. The number of fused-ring (bicyclic) bond motifs is 1. The Morgan fingerprint density at radius 3 is 2.43 bits per heavy atom. The summed E-state index contributed by atoms with van der Waals surface area (Å²) in [7, 11) is -2.81. The molecule has 4 heterocycles. The molecule has 1 aliphatic carbocycles. The SMILES string of the molecule is Cc1ccc(S(=O)(=O)n2c(CN3CCC[C@H](C)C3)cc3c(C(F)(F)F)cn(-c4cccc(C5(c6nncn6C)CC(F)C5)c4)c(=O)c32)cc1. The van der Waals surface area contributed by atoms with Gasteiger partial charge in [-0.25, -0.2) is 16.8 Å². The summed E-state index contributed by atoms with van der Waals surface area (Å²) in [4.78, 5) is 16.4. The van der Waals surface area contributed by atoms with Crippen molar-refractivity contribution in [2.45, 2.75) is 68.7 Å². The number of pyridine rings is 1. The van der Waals surface area contributed by atoms with Crippen LogP contribution in [0, 0.1) is 12.8 Å². The minimum Gasteiger partial charge on any atom is -0.320 e. The number of rotatable bonds is 7. The van der Waals surface area contributed by atoms with Crippen LogP contribution in [0.15, 0.2) is 76.8 Å². The van der Waals surface area contributed by atoms with Crippen molar-refractivity contribution in [1.82, 2.24) is 28.2 Å². The van der Waals surface area contributed by atoms with Gasteiger partial charge in [0.15, 0.2) is 0 Å². The number of alkyl halides is 4. The van der Waals surface area contributed by atoms with Crippen LogP contribution in [-0.2, 0) is 35.2 Å². The lowest BCUT2D eigenvalue weighted by molar-refractivity contribution is -0.136. The zero-order valence-corrected chi connectivity index (χ0v) is 28.1. The van der Waals surface area contributed by atoms with Gasteiger partial charge >= 0.3 is 6.18 Å². The molecule has 0 amide bonds. The van der Waals surface area contributed by atoms with Gasteiger partial charge < -0.3 is 4.57 Å². The summed E-state index contributed by atoms with van der Waals surface area (Å²) in [5.74, 6) is 0.816. The van der Waals surface area contributed by atoms with E-state index in [1.165, 1.54) is 30.6 Å².